The van der Waals surface area contributed by atoms with Crippen LogP contribution in [0.1, 0.15) is 41.8 Å². The van der Waals surface area contributed by atoms with E-state index in [-0.39, 0.29) is 17.4 Å². The molecule has 1 spiro atoms. The summed E-state index contributed by atoms with van der Waals surface area (Å²) in [5.74, 6) is 0.692. The molecule has 0 unspecified atom stereocenters. The zero-order valence-electron chi connectivity index (χ0n) is 13.0. The van der Waals surface area contributed by atoms with Crippen LogP contribution in [-0.4, -0.2) is 44.6 Å². The van der Waals surface area contributed by atoms with Crippen molar-refractivity contribution in [3.63, 3.8) is 0 Å². The molecule has 1 saturated carbocycles. The third-order valence-corrected chi connectivity index (χ3v) is 5.70. The topological polar surface area (TPSA) is 79.6 Å². The maximum absolute atomic E-state index is 12.4. The fourth-order valence-electron chi connectivity index (χ4n) is 3.74. The van der Waals surface area contributed by atoms with Crippen LogP contribution in [0.5, 0.6) is 0 Å². The van der Waals surface area contributed by atoms with Crippen molar-refractivity contribution in [3.8, 4) is 0 Å². The van der Waals surface area contributed by atoms with E-state index in [1.807, 2.05) is 4.90 Å². The van der Waals surface area contributed by atoms with Gasteiger partial charge in [0.15, 0.2) is 0 Å². The third-order valence-electron chi connectivity index (χ3n) is 4.94. The molecule has 2 aliphatic rings. The van der Waals surface area contributed by atoms with Crippen LogP contribution in [0.4, 0.5) is 0 Å². The number of hydrogen-bond donors (Lipinski definition) is 1. The Morgan fingerprint density at radius 2 is 2.00 bits per heavy atom. The first-order valence-corrected chi connectivity index (χ1v) is 9.48. The third kappa shape index (κ3) is 3.05. The number of amides is 1. The van der Waals surface area contributed by atoms with Gasteiger partial charge in [-0.15, -0.1) is 0 Å². The van der Waals surface area contributed by atoms with Crippen LogP contribution >= 0.6 is 0 Å². The average molecular weight is 326 g/mol. The second-order valence-corrected chi connectivity index (χ2v) is 8.46. The Kier molecular flexibility index (Phi) is 3.81. The monoisotopic (exact) mass is 326 g/mol. The molecule has 122 valence electrons. The zero-order valence-corrected chi connectivity index (χ0v) is 13.8. The number of nitrogens with zero attached hydrogens (tertiary/aromatic N) is 1. The highest BCUT2D eigenvalue weighted by molar-refractivity contribution is 7.88. The van der Waals surface area contributed by atoms with Gasteiger partial charge in [-0.2, -0.15) is 0 Å². The fraction of sp³-hybridized carbons (Fsp3) is 0.667. The maximum Gasteiger partial charge on any atom is 0.257 e. The van der Waals surface area contributed by atoms with E-state index < -0.39 is 10.0 Å². The number of nitrogens with one attached hydrogen (secondary N) is 1. The van der Waals surface area contributed by atoms with Crippen molar-refractivity contribution in [3.05, 3.63) is 23.7 Å². The van der Waals surface area contributed by atoms with Crippen molar-refractivity contribution >= 4 is 15.9 Å². The highest BCUT2D eigenvalue weighted by atomic mass is 32.2. The highest BCUT2D eigenvalue weighted by Crippen LogP contribution is 2.49. The summed E-state index contributed by atoms with van der Waals surface area (Å²) in [6.07, 6.45) is 6.39. The van der Waals surface area contributed by atoms with Gasteiger partial charge in [0.1, 0.15) is 5.76 Å². The van der Waals surface area contributed by atoms with Gasteiger partial charge >= 0.3 is 0 Å². The van der Waals surface area contributed by atoms with E-state index >= 15 is 0 Å². The molecule has 3 rings (SSSR count). The number of sulfonamides is 1. The van der Waals surface area contributed by atoms with Crippen LogP contribution in [0.25, 0.3) is 0 Å². The SMILES string of the molecule is Cc1occc1C(=O)N1CCC2(CC1)CC(NS(C)(=O)=O)C2. The Labute approximate surface area is 130 Å². The van der Waals surface area contributed by atoms with Gasteiger partial charge in [0, 0.05) is 19.1 Å². The first kappa shape index (κ1) is 15.6. The summed E-state index contributed by atoms with van der Waals surface area (Å²) in [5, 5.41) is 0. The smallest absolute Gasteiger partial charge is 0.257 e. The molecule has 1 aromatic rings. The van der Waals surface area contributed by atoms with E-state index in [0.717, 1.165) is 38.8 Å². The van der Waals surface area contributed by atoms with Crippen LogP contribution in [0.3, 0.4) is 0 Å². The molecule has 0 radical (unpaired) electrons. The van der Waals surface area contributed by atoms with Crippen LogP contribution in [0, 0.1) is 12.3 Å². The van der Waals surface area contributed by atoms with Crippen molar-refractivity contribution in [2.75, 3.05) is 19.3 Å². The Balaban J connectivity index is 1.54. The van der Waals surface area contributed by atoms with Crippen molar-refractivity contribution in [2.45, 2.75) is 38.6 Å². The molecule has 1 aliphatic carbocycles. The van der Waals surface area contributed by atoms with Crippen molar-refractivity contribution in [2.24, 2.45) is 5.41 Å². The van der Waals surface area contributed by atoms with E-state index in [4.69, 9.17) is 4.42 Å². The first-order valence-electron chi connectivity index (χ1n) is 7.59. The summed E-state index contributed by atoms with van der Waals surface area (Å²) < 4.78 is 30.3. The van der Waals surface area contributed by atoms with Crippen molar-refractivity contribution in [1.82, 2.24) is 9.62 Å². The molecule has 1 saturated heterocycles. The summed E-state index contributed by atoms with van der Waals surface area (Å²) >= 11 is 0. The van der Waals surface area contributed by atoms with Crippen LogP contribution < -0.4 is 4.72 Å². The normalized spacial score (nSPS) is 21.8. The number of carbonyl (C=O) groups excluding carboxylic acids is 1. The first-order chi connectivity index (χ1) is 10.3. The lowest BCUT2D eigenvalue weighted by Crippen LogP contribution is -2.55. The minimum absolute atomic E-state index is 0.0336. The zero-order chi connectivity index (χ0) is 16.0. The fourth-order valence-corrected chi connectivity index (χ4v) is 4.51. The lowest BCUT2D eigenvalue weighted by Gasteiger charge is -2.52. The number of rotatable bonds is 3. The summed E-state index contributed by atoms with van der Waals surface area (Å²) in [4.78, 5) is 14.3. The minimum Gasteiger partial charge on any atom is -0.469 e. The van der Waals surface area contributed by atoms with Crippen LogP contribution in [-0.2, 0) is 10.0 Å². The van der Waals surface area contributed by atoms with Gasteiger partial charge in [-0.1, -0.05) is 0 Å². The largest absolute Gasteiger partial charge is 0.469 e. The molecular weight excluding hydrogens is 304 g/mol. The molecule has 2 heterocycles. The van der Waals surface area contributed by atoms with Gasteiger partial charge < -0.3 is 9.32 Å². The second-order valence-electron chi connectivity index (χ2n) is 6.68. The molecule has 1 N–H and O–H groups in total. The molecule has 7 heteroatoms. The van der Waals surface area contributed by atoms with Crippen molar-refractivity contribution < 1.29 is 17.6 Å². The Bertz CT molecular complexity index is 663. The number of furan rings is 1. The van der Waals surface area contributed by atoms with Crippen molar-refractivity contribution in [1.29, 1.82) is 0 Å². The molecule has 0 aromatic carbocycles. The number of aryl methyl sites for hydroxylation is 1. The predicted octanol–water partition coefficient (Wildman–Crippen LogP) is 1.52. The van der Waals surface area contributed by atoms with Gasteiger partial charge in [0.25, 0.3) is 5.91 Å². The molecule has 0 atom stereocenters. The van der Waals surface area contributed by atoms with Crippen LogP contribution in [0.2, 0.25) is 0 Å². The van der Waals surface area contributed by atoms with E-state index in [2.05, 4.69) is 4.72 Å². The predicted molar refractivity (Wildman–Crippen MR) is 82.0 cm³/mol. The Morgan fingerprint density at radius 3 is 2.50 bits per heavy atom. The van der Waals surface area contributed by atoms with Crippen LogP contribution in [0.15, 0.2) is 16.7 Å². The molecule has 1 amide bonds. The molecule has 0 bridgehead atoms. The summed E-state index contributed by atoms with van der Waals surface area (Å²) in [6, 6.07) is 1.78. The standard InChI is InChI=1S/C15H22N2O4S/c1-11-13(3-8-21-11)14(18)17-6-4-15(5-7-17)9-12(10-15)16-22(2,19)20/h3,8,12,16H,4-7,9-10H2,1-2H3. The summed E-state index contributed by atoms with van der Waals surface area (Å²) in [7, 11) is -3.12. The lowest BCUT2D eigenvalue weighted by molar-refractivity contribution is 0.0137. The van der Waals surface area contributed by atoms with E-state index in [0.29, 0.717) is 11.3 Å². The van der Waals surface area contributed by atoms with E-state index in [9.17, 15) is 13.2 Å². The van der Waals surface area contributed by atoms with Gasteiger partial charge in [-0.25, -0.2) is 13.1 Å². The van der Waals surface area contributed by atoms with E-state index in [1.54, 1.807) is 19.3 Å². The van der Waals surface area contributed by atoms with E-state index in [1.165, 1.54) is 6.26 Å². The molecule has 1 aliphatic heterocycles. The van der Waals surface area contributed by atoms with Gasteiger partial charge in [0.2, 0.25) is 10.0 Å². The van der Waals surface area contributed by atoms with Gasteiger partial charge in [0.05, 0.1) is 18.1 Å². The maximum atomic E-state index is 12.4. The molecule has 2 fully saturated rings. The number of carbonyl (C=O) groups is 1. The molecule has 22 heavy (non-hydrogen) atoms. The van der Waals surface area contributed by atoms with Gasteiger partial charge in [-0.3, -0.25) is 4.79 Å². The molecule has 6 nitrogen and oxygen atoms in total. The molecular formula is C15H22N2O4S. The minimum atomic E-state index is -3.12. The lowest BCUT2D eigenvalue weighted by atomic mass is 9.60. The highest BCUT2D eigenvalue weighted by Gasteiger charge is 2.47. The number of piperidine rings is 1. The number of hydrogen-bond acceptors (Lipinski definition) is 4. The quantitative estimate of drug-likeness (QED) is 0.913. The number of likely N-dealkylation sites (tertiary alicyclic amines) is 1. The van der Waals surface area contributed by atoms with Gasteiger partial charge in [-0.05, 0) is 44.1 Å². The summed E-state index contributed by atoms with van der Waals surface area (Å²) in [5.41, 5.74) is 0.853. The Hall–Kier alpha value is -1.34. The molecule has 1 aromatic heterocycles. The summed E-state index contributed by atoms with van der Waals surface area (Å²) in [6.45, 7) is 3.26. The Morgan fingerprint density at radius 1 is 1.36 bits per heavy atom. The second kappa shape index (κ2) is 5.38. The average Bonchev–Trinajstić information content (AvgIpc) is 2.81.